The molecule has 0 bridgehead atoms. The molecule has 3 nitrogen and oxygen atoms in total. The molecule has 1 amide bonds. The van der Waals surface area contributed by atoms with Gasteiger partial charge >= 0.3 is 0 Å². The van der Waals surface area contributed by atoms with Crippen LogP contribution in [0, 0.1) is 0 Å². The molecule has 1 rings (SSSR count). The fraction of sp³-hybridized carbons (Fsp3) is 0.533. The van der Waals surface area contributed by atoms with Crippen LogP contribution in [0.3, 0.4) is 0 Å². The Morgan fingerprint density at radius 3 is 2.32 bits per heavy atom. The lowest BCUT2D eigenvalue weighted by Crippen LogP contribution is -2.40. The number of hydrogen-bond acceptors (Lipinski definition) is 2. The molecule has 0 aliphatic rings. The first-order chi connectivity index (χ1) is 9.10. The van der Waals surface area contributed by atoms with E-state index in [1.54, 1.807) is 6.92 Å². The van der Waals surface area contributed by atoms with E-state index in [4.69, 9.17) is 11.6 Å². The maximum Gasteiger partial charge on any atom is 0.237 e. The van der Waals surface area contributed by atoms with Crippen LogP contribution in [0.5, 0.6) is 0 Å². The number of likely N-dealkylation sites (N-methyl/N-ethyl adjacent to an activating group) is 1. The molecule has 1 N–H and O–H groups in total. The number of nitrogens with one attached hydrogen (secondary N) is 1. The summed E-state index contributed by atoms with van der Waals surface area (Å²) < 4.78 is 0. The van der Waals surface area contributed by atoms with Gasteiger partial charge in [-0.15, -0.1) is 11.6 Å². The normalized spacial score (nSPS) is 14.2. The molecule has 1 aromatic rings. The molecule has 1 aromatic carbocycles. The summed E-state index contributed by atoms with van der Waals surface area (Å²) in [4.78, 5) is 13.9. The Hall–Kier alpha value is -1.06. The zero-order valence-corrected chi connectivity index (χ0v) is 12.7. The monoisotopic (exact) mass is 282 g/mol. The summed E-state index contributed by atoms with van der Waals surface area (Å²) in [6, 6.07) is 10.4. The Kier molecular flexibility index (Phi) is 6.89. The van der Waals surface area contributed by atoms with Crippen LogP contribution in [0.15, 0.2) is 30.3 Å². The summed E-state index contributed by atoms with van der Waals surface area (Å²) in [6.45, 7) is 8.43. The van der Waals surface area contributed by atoms with Gasteiger partial charge in [0.2, 0.25) is 5.91 Å². The molecule has 2 atom stereocenters. The molecule has 0 aliphatic heterocycles. The quantitative estimate of drug-likeness (QED) is 0.780. The zero-order chi connectivity index (χ0) is 14.3. The maximum atomic E-state index is 11.6. The van der Waals surface area contributed by atoms with Crippen molar-refractivity contribution in [2.24, 2.45) is 0 Å². The van der Waals surface area contributed by atoms with E-state index in [1.807, 2.05) is 18.2 Å². The van der Waals surface area contributed by atoms with Crippen LogP contribution in [0.2, 0.25) is 0 Å². The highest BCUT2D eigenvalue weighted by atomic mass is 35.5. The lowest BCUT2D eigenvalue weighted by Gasteiger charge is -2.30. The van der Waals surface area contributed by atoms with E-state index in [1.165, 1.54) is 5.56 Å². The van der Waals surface area contributed by atoms with Gasteiger partial charge in [-0.3, -0.25) is 9.69 Å². The summed E-state index contributed by atoms with van der Waals surface area (Å²) in [7, 11) is 0. The number of hydrogen-bond donors (Lipinski definition) is 1. The summed E-state index contributed by atoms with van der Waals surface area (Å²) >= 11 is 5.78. The predicted molar refractivity (Wildman–Crippen MR) is 80.4 cm³/mol. The first-order valence-corrected chi connectivity index (χ1v) is 7.24. The number of carbonyl (C=O) groups excluding carboxylic acids is 1. The summed E-state index contributed by atoms with van der Waals surface area (Å²) in [5.41, 5.74) is 1.22. The molecule has 4 heteroatoms. The number of carbonyl (C=O) groups is 1. The van der Waals surface area contributed by atoms with Crippen LogP contribution in [0.4, 0.5) is 0 Å². The van der Waals surface area contributed by atoms with Crippen LogP contribution in [-0.2, 0) is 4.79 Å². The van der Waals surface area contributed by atoms with Gasteiger partial charge in [-0.25, -0.2) is 0 Å². The van der Waals surface area contributed by atoms with Gasteiger partial charge in [-0.05, 0) is 25.6 Å². The minimum absolute atomic E-state index is 0.116. The third-order valence-corrected chi connectivity index (χ3v) is 3.47. The van der Waals surface area contributed by atoms with Crippen molar-refractivity contribution in [3.05, 3.63) is 35.9 Å². The fourth-order valence-electron chi connectivity index (χ4n) is 2.14. The number of rotatable bonds is 7. The van der Waals surface area contributed by atoms with Crippen molar-refractivity contribution in [2.75, 3.05) is 19.6 Å². The molecule has 2 unspecified atom stereocenters. The molecule has 0 spiro atoms. The van der Waals surface area contributed by atoms with E-state index < -0.39 is 5.38 Å². The summed E-state index contributed by atoms with van der Waals surface area (Å²) in [6.07, 6.45) is 0. The number of halogens is 1. The molecule has 19 heavy (non-hydrogen) atoms. The highest BCUT2D eigenvalue weighted by Gasteiger charge is 2.19. The van der Waals surface area contributed by atoms with Crippen LogP contribution < -0.4 is 5.32 Å². The zero-order valence-electron chi connectivity index (χ0n) is 11.9. The van der Waals surface area contributed by atoms with Crippen molar-refractivity contribution in [3.8, 4) is 0 Å². The summed E-state index contributed by atoms with van der Waals surface area (Å²) in [5, 5.41) is 2.42. The standard InChI is InChI=1S/C15H23ClN2O/c1-4-18(5-2)14(11-17-15(19)12(3)16)13-9-7-6-8-10-13/h6-10,12,14H,4-5,11H2,1-3H3,(H,17,19). The van der Waals surface area contributed by atoms with E-state index in [2.05, 4.69) is 36.2 Å². The Labute approximate surface area is 120 Å². The van der Waals surface area contributed by atoms with Crippen molar-refractivity contribution in [3.63, 3.8) is 0 Å². The molecule has 0 saturated carbocycles. The van der Waals surface area contributed by atoms with Gasteiger partial charge in [-0.2, -0.15) is 0 Å². The first-order valence-electron chi connectivity index (χ1n) is 6.80. The van der Waals surface area contributed by atoms with Crippen LogP contribution in [0.25, 0.3) is 0 Å². The number of benzene rings is 1. The smallest absolute Gasteiger partial charge is 0.237 e. The lowest BCUT2D eigenvalue weighted by molar-refractivity contribution is -0.120. The Bertz CT molecular complexity index is 377. The topological polar surface area (TPSA) is 32.3 Å². The molecular formula is C15H23ClN2O. The van der Waals surface area contributed by atoms with Gasteiger partial charge in [0.25, 0.3) is 0 Å². The average molecular weight is 283 g/mol. The molecule has 0 radical (unpaired) electrons. The fourth-order valence-corrected chi connectivity index (χ4v) is 2.21. The van der Waals surface area contributed by atoms with Crippen molar-refractivity contribution in [2.45, 2.75) is 32.2 Å². The second-order valence-electron chi connectivity index (χ2n) is 4.51. The van der Waals surface area contributed by atoms with Crippen molar-refractivity contribution in [1.29, 1.82) is 0 Å². The minimum atomic E-state index is -0.492. The SMILES string of the molecule is CCN(CC)C(CNC(=O)C(C)Cl)c1ccccc1. The van der Waals surface area contributed by atoms with Crippen LogP contribution in [0.1, 0.15) is 32.4 Å². The molecular weight excluding hydrogens is 260 g/mol. The van der Waals surface area contributed by atoms with Gasteiger partial charge in [0.15, 0.2) is 0 Å². The number of amides is 1. The molecule has 0 aromatic heterocycles. The van der Waals surface area contributed by atoms with Crippen LogP contribution >= 0.6 is 11.6 Å². The van der Waals surface area contributed by atoms with Crippen molar-refractivity contribution < 1.29 is 4.79 Å². The molecule has 0 fully saturated rings. The second kappa shape index (κ2) is 8.18. The lowest BCUT2D eigenvalue weighted by atomic mass is 10.1. The number of alkyl halides is 1. The van der Waals surface area contributed by atoms with Gasteiger partial charge in [0.05, 0.1) is 6.04 Å². The van der Waals surface area contributed by atoms with E-state index in [0.29, 0.717) is 6.54 Å². The molecule has 0 saturated heterocycles. The molecule has 0 heterocycles. The van der Waals surface area contributed by atoms with Gasteiger partial charge in [0, 0.05) is 6.54 Å². The largest absolute Gasteiger partial charge is 0.353 e. The minimum Gasteiger partial charge on any atom is -0.353 e. The third kappa shape index (κ3) is 4.84. The van der Waals surface area contributed by atoms with Crippen molar-refractivity contribution >= 4 is 17.5 Å². The van der Waals surface area contributed by atoms with Crippen molar-refractivity contribution in [1.82, 2.24) is 10.2 Å². The summed E-state index contributed by atoms with van der Waals surface area (Å²) in [5.74, 6) is -0.116. The van der Waals surface area contributed by atoms with Gasteiger partial charge < -0.3 is 5.32 Å². The van der Waals surface area contributed by atoms with Gasteiger partial charge in [-0.1, -0.05) is 44.2 Å². The highest BCUT2D eigenvalue weighted by Crippen LogP contribution is 2.19. The van der Waals surface area contributed by atoms with Crippen LogP contribution in [-0.4, -0.2) is 35.8 Å². The predicted octanol–water partition coefficient (Wildman–Crippen LogP) is 2.81. The van der Waals surface area contributed by atoms with Gasteiger partial charge in [0.1, 0.15) is 5.38 Å². The second-order valence-corrected chi connectivity index (χ2v) is 5.16. The molecule has 0 aliphatic carbocycles. The third-order valence-electron chi connectivity index (χ3n) is 3.27. The number of nitrogens with zero attached hydrogens (tertiary/aromatic N) is 1. The van der Waals surface area contributed by atoms with E-state index in [0.717, 1.165) is 13.1 Å². The Balaban J connectivity index is 2.79. The maximum absolute atomic E-state index is 11.6. The Morgan fingerprint density at radius 1 is 1.26 bits per heavy atom. The van der Waals surface area contributed by atoms with E-state index in [9.17, 15) is 4.79 Å². The average Bonchev–Trinajstić information content (AvgIpc) is 2.43. The van der Waals surface area contributed by atoms with E-state index >= 15 is 0 Å². The van der Waals surface area contributed by atoms with E-state index in [-0.39, 0.29) is 11.9 Å². The molecule has 106 valence electrons. The first kappa shape index (κ1) is 16.0. The highest BCUT2D eigenvalue weighted by molar-refractivity contribution is 6.30. The Morgan fingerprint density at radius 2 is 1.84 bits per heavy atom.